The zero-order chi connectivity index (χ0) is 11.1. The summed E-state index contributed by atoms with van der Waals surface area (Å²) in [6.45, 7) is 5.64. The van der Waals surface area contributed by atoms with Crippen molar-refractivity contribution in [2.75, 3.05) is 33.3 Å². The number of ether oxygens (including phenoxy) is 1. The Balaban J connectivity index is 2.43. The highest BCUT2D eigenvalue weighted by Crippen LogP contribution is 2.10. The topological polar surface area (TPSA) is 41.6 Å². The molecule has 0 aromatic rings. The molecule has 15 heavy (non-hydrogen) atoms. The molecule has 0 bridgehead atoms. The van der Waals surface area contributed by atoms with Gasteiger partial charge in [0.25, 0.3) is 0 Å². The van der Waals surface area contributed by atoms with Gasteiger partial charge in [0.1, 0.15) is 0 Å². The van der Waals surface area contributed by atoms with Crippen LogP contribution >= 0.6 is 0 Å². The van der Waals surface area contributed by atoms with Gasteiger partial charge in [-0.05, 0) is 32.4 Å². The fraction of sp³-hybridized carbons (Fsp3) is 0.909. The van der Waals surface area contributed by atoms with E-state index in [4.69, 9.17) is 4.74 Å². The average molecular weight is 214 g/mol. The van der Waals surface area contributed by atoms with Crippen LogP contribution in [0.2, 0.25) is 0 Å². The second-order valence-corrected chi connectivity index (χ2v) is 4.05. The summed E-state index contributed by atoms with van der Waals surface area (Å²) in [5, 5.41) is 3.37. The van der Waals surface area contributed by atoms with E-state index in [0.29, 0.717) is 12.6 Å². The Bertz CT molecular complexity index is 191. The lowest BCUT2D eigenvalue weighted by atomic mass is 10.1. The van der Waals surface area contributed by atoms with Gasteiger partial charge in [-0.25, -0.2) is 0 Å². The Kier molecular flexibility index (Phi) is 5.65. The van der Waals surface area contributed by atoms with E-state index < -0.39 is 0 Å². The number of esters is 1. The fourth-order valence-electron chi connectivity index (χ4n) is 2.05. The average Bonchev–Trinajstić information content (AvgIpc) is 2.29. The molecule has 0 aromatic heterocycles. The second kappa shape index (κ2) is 6.80. The van der Waals surface area contributed by atoms with Crippen LogP contribution in [-0.4, -0.2) is 50.2 Å². The first-order valence-electron chi connectivity index (χ1n) is 5.79. The number of hydrogen-bond donors (Lipinski definition) is 1. The van der Waals surface area contributed by atoms with Crippen LogP contribution in [0.4, 0.5) is 0 Å². The molecule has 1 atom stereocenters. The van der Waals surface area contributed by atoms with Crippen molar-refractivity contribution >= 4 is 5.97 Å². The minimum Gasteiger partial charge on any atom is -0.468 e. The van der Waals surface area contributed by atoms with Crippen LogP contribution in [0, 0.1) is 0 Å². The van der Waals surface area contributed by atoms with E-state index in [-0.39, 0.29) is 5.97 Å². The highest BCUT2D eigenvalue weighted by atomic mass is 16.5. The smallest absolute Gasteiger partial charge is 0.319 e. The van der Waals surface area contributed by atoms with Gasteiger partial charge in [-0.15, -0.1) is 0 Å². The summed E-state index contributed by atoms with van der Waals surface area (Å²) < 4.78 is 4.72. The lowest BCUT2D eigenvalue weighted by molar-refractivity contribution is -0.142. The summed E-state index contributed by atoms with van der Waals surface area (Å²) in [5.41, 5.74) is 0. The standard InChI is InChI=1S/C11H22N2O2/c1-3-7-13(9-11(14)15-2)10-5-4-6-12-8-10/h10,12H,3-9H2,1-2H3. The molecule has 0 amide bonds. The SMILES string of the molecule is CCCN(CC(=O)OC)C1CCCNC1. The monoisotopic (exact) mass is 214 g/mol. The number of nitrogens with zero attached hydrogens (tertiary/aromatic N) is 1. The largest absolute Gasteiger partial charge is 0.468 e. The van der Waals surface area contributed by atoms with Crippen LogP contribution in [0.15, 0.2) is 0 Å². The molecule has 0 saturated carbocycles. The van der Waals surface area contributed by atoms with E-state index in [9.17, 15) is 4.79 Å². The number of piperidine rings is 1. The molecule has 0 spiro atoms. The minimum atomic E-state index is -0.131. The molecule has 4 nitrogen and oxygen atoms in total. The van der Waals surface area contributed by atoms with Crippen LogP contribution in [0.1, 0.15) is 26.2 Å². The highest BCUT2D eigenvalue weighted by molar-refractivity contribution is 5.71. The predicted octanol–water partition coefficient (Wildman–Crippen LogP) is 0.623. The van der Waals surface area contributed by atoms with Gasteiger partial charge in [-0.1, -0.05) is 6.92 Å². The van der Waals surface area contributed by atoms with Gasteiger partial charge in [0, 0.05) is 12.6 Å². The quantitative estimate of drug-likeness (QED) is 0.681. The summed E-state index contributed by atoms with van der Waals surface area (Å²) in [7, 11) is 1.45. The summed E-state index contributed by atoms with van der Waals surface area (Å²) in [4.78, 5) is 13.5. The first kappa shape index (κ1) is 12.5. The maximum absolute atomic E-state index is 11.3. The molecule has 1 fully saturated rings. The molecular weight excluding hydrogens is 192 g/mol. The third-order valence-electron chi connectivity index (χ3n) is 2.86. The van der Waals surface area contributed by atoms with Crippen molar-refractivity contribution in [3.8, 4) is 0 Å². The van der Waals surface area contributed by atoms with Crippen molar-refractivity contribution in [3.63, 3.8) is 0 Å². The summed E-state index contributed by atoms with van der Waals surface area (Å²) in [5.74, 6) is -0.131. The van der Waals surface area contributed by atoms with E-state index in [0.717, 1.165) is 26.1 Å². The first-order valence-corrected chi connectivity index (χ1v) is 5.79. The van der Waals surface area contributed by atoms with Crippen LogP contribution in [-0.2, 0) is 9.53 Å². The second-order valence-electron chi connectivity index (χ2n) is 4.05. The molecule has 1 aliphatic rings. The van der Waals surface area contributed by atoms with Gasteiger partial charge >= 0.3 is 5.97 Å². The molecule has 1 N–H and O–H groups in total. The number of carbonyl (C=O) groups excluding carboxylic acids is 1. The maximum Gasteiger partial charge on any atom is 0.319 e. The van der Waals surface area contributed by atoms with Crippen molar-refractivity contribution in [1.29, 1.82) is 0 Å². The van der Waals surface area contributed by atoms with Crippen LogP contribution < -0.4 is 5.32 Å². The Morgan fingerprint density at radius 2 is 2.40 bits per heavy atom. The molecule has 0 aromatic carbocycles. The van der Waals surface area contributed by atoms with Gasteiger partial charge in [-0.2, -0.15) is 0 Å². The van der Waals surface area contributed by atoms with Gasteiger partial charge in [0.15, 0.2) is 0 Å². The van der Waals surface area contributed by atoms with Crippen molar-refractivity contribution in [1.82, 2.24) is 10.2 Å². The number of rotatable bonds is 5. The Morgan fingerprint density at radius 1 is 1.60 bits per heavy atom. The maximum atomic E-state index is 11.3. The zero-order valence-electron chi connectivity index (χ0n) is 9.79. The summed E-state index contributed by atoms with van der Waals surface area (Å²) >= 11 is 0. The number of carbonyl (C=O) groups is 1. The third-order valence-corrected chi connectivity index (χ3v) is 2.86. The fourth-order valence-corrected chi connectivity index (χ4v) is 2.05. The molecule has 1 aliphatic heterocycles. The number of hydrogen-bond acceptors (Lipinski definition) is 4. The molecule has 1 saturated heterocycles. The van der Waals surface area contributed by atoms with Crippen LogP contribution in [0.3, 0.4) is 0 Å². The van der Waals surface area contributed by atoms with Gasteiger partial charge in [0.2, 0.25) is 0 Å². The molecular formula is C11H22N2O2. The van der Waals surface area contributed by atoms with E-state index in [2.05, 4.69) is 17.1 Å². The van der Waals surface area contributed by atoms with Crippen LogP contribution in [0.5, 0.6) is 0 Å². The van der Waals surface area contributed by atoms with Crippen molar-refractivity contribution in [2.45, 2.75) is 32.2 Å². The molecule has 1 unspecified atom stereocenters. The van der Waals surface area contributed by atoms with Crippen molar-refractivity contribution in [2.24, 2.45) is 0 Å². The molecule has 1 heterocycles. The van der Waals surface area contributed by atoms with Gasteiger partial charge < -0.3 is 10.1 Å². The minimum absolute atomic E-state index is 0.131. The molecule has 0 aliphatic carbocycles. The lowest BCUT2D eigenvalue weighted by Gasteiger charge is -2.33. The molecule has 0 radical (unpaired) electrons. The lowest BCUT2D eigenvalue weighted by Crippen LogP contribution is -2.48. The number of methoxy groups -OCH3 is 1. The van der Waals surface area contributed by atoms with Crippen molar-refractivity contribution in [3.05, 3.63) is 0 Å². The van der Waals surface area contributed by atoms with E-state index in [1.54, 1.807) is 0 Å². The van der Waals surface area contributed by atoms with E-state index in [1.807, 2.05) is 0 Å². The van der Waals surface area contributed by atoms with Crippen LogP contribution in [0.25, 0.3) is 0 Å². The third kappa shape index (κ3) is 4.18. The summed E-state index contributed by atoms with van der Waals surface area (Å²) in [6.07, 6.45) is 3.46. The Hall–Kier alpha value is -0.610. The predicted molar refractivity (Wildman–Crippen MR) is 59.8 cm³/mol. The normalized spacial score (nSPS) is 21.7. The Labute approximate surface area is 92.0 Å². The van der Waals surface area contributed by atoms with E-state index in [1.165, 1.54) is 20.0 Å². The molecule has 88 valence electrons. The molecule has 4 heteroatoms. The Morgan fingerprint density at radius 3 is 2.93 bits per heavy atom. The highest BCUT2D eigenvalue weighted by Gasteiger charge is 2.22. The number of nitrogens with one attached hydrogen (secondary N) is 1. The summed E-state index contributed by atoms with van der Waals surface area (Å²) in [6, 6.07) is 0.498. The first-order chi connectivity index (χ1) is 7.27. The van der Waals surface area contributed by atoms with E-state index >= 15 is 0 Å². The van der Waals surface area contributed by atoms with Gasteiger partial charge in [-0.3, -0.25) is 9.69 Å². The van der Waals surface area contributed by atoms with Crippen molar-refractivity contribution < 1.29 is 9.53 Å². The zero-order valence-corrected chi connectivity index (χ0v) is 9.79. The molecule has 1 rings (SSSR count). The van der Waals surface area contributed by atoms with Gasteiger partial charge in [0.05, 0.1) is 13.7 Å².